The van der Waals surface area contributed by atoms with E-state index in [0.29, 0.717) is 5.76 Å². The van der Waals surface area contributed by atoms with Crippen molar-refractivity contribution in [3.05, 3.63) is 89.9 Å². The van der Waals surface area contributed by atoms with Gasteiger partial charge in [-0.05, 0) is 35.9 Å². The number of carbonyl (C=O) groups is 1. The average Bonchev–Trinajstić information content (AvgIpc) is 3.36. The molecule has 0 bridgehead atoms. The molecule has 1 atom stereocenters. The number of rotatable bonds is 4. The molecule has 3 aromatic rings. The van der Waals surface area contributed by atoms with Crippen LogP contribution in [0.1, 0.15) is 22.1 Å². The number of amides is 1. The highest BCUT2D eigenvalue weighted by molar-refractivity contribution is 8.15. The molecule has 4 rings (SSSR count). The van der Waals surface area contributed by atoms with Gasteiger partial charge in [-0.2, -0.15) is 18.3 Å². The third-order valence-electron chi connectivity index (χ3n) is 4.26. The molecule has 0 N–H and O–H groups in total. The van der Waals surface area contributed by atoms with Crippen molar-refractivity contribution >= 4 is 34.7 Å². The number of hydrogen-bond acceptors (Lipinski definition) is 5. The number of benzene rings is 2. The molecule has 30 heavy (non-hydrogen) atoms. The zero-order valence-electron chi connectivity index (χ0n) is 15.3. The number of carbonyl (C=O) groups excluding carboxylic acids is 1. The first-order chi connectivity index (χ1) is 14.4. The van der Waals surface area contributed by atoms with Gasteiger partial charge < -0.3 is 4.42 Å². The fourth-order valence-electron chi connectivity index (χ4n) is 2.89. The van der Waals surface area contributed by atoms with E-state index in [9.17, 15) is 18.0 Å². The van der Waals surface area contributed by atoms with Crippen molar-refractivity contribution in [1.82, 2.24) is 0 Å². The summed E-state index contributed by atoms with van der Waals surface area (Å²) in [7, 11) is 0. The number of nitrogens with zero attached hydrogens (tertiary/aromatic N) is 3. The standard InChI is InChI=1S/C21H14F3N3O2S/c22-21(23,24)15-8-4-9-16(12-15)27-19(28)18(14-6-2-1-3-7-14)30-20(27)26-25-13-17-10-5-11-29-17/h1-13,18H/b25-13-,26-20-/t18-/m1/s1. The third kappa shape index (κ3) is 4.16. The summed E-state index contributed by atoms with van der Waals surface area (Å²) < 4.78 is 44.7. The van der Waals surface area contributed by atoms with Gasteiger partial charge in [0.2, 0.25) is 0 Å². The van der Waals surface area contributed by atoms with E-state index in [0.717, 1.165) is 34.4 Å². The summed E-state index contributed by atoms with van der Waals surface area (Å²) in [4.78, 5) is 14.3. The second kappa shape index (κ2) is 8.19. The monoisotopic (exact) mass is 429 g/mol. The zero-order valence-corrected chi connectivity index (χ0v) is 16.1. The minimum Gasteiger partial charge on any atom is -0.463 e. The molecule has 1 aromatic heterocycles. The Morgan fingerprint density at radius 3 is 2.53 bits per heavy atom. The van der Waals surface area contributed by atoms with Crippen LogP contribution in [0.5, 0.6) is 0 Å². The maximum atomic E-state index is 13.2. The molecule has 1 amide bonds. The molecule has 0 aliphatic carbocycles. The van der Waals surface area contributed by atoms with Gasteiger partial charge in [0.05, 0.1) is 23.7 Å². The zero-order chi connectivity index (χ0) is 21.1. The molecule has 0 unspecified atom stereocenters. The van der Waals surface area contributed by atoms with E-state index < -0.39 is 22.9 Å². The fourth-order valence-corrected chi connectivity index (χ4v) is 3.99. The molecule has 1 aliphatic rings. The lowest BCUT2D eigenvalue weighted by Crippen LogP contribution is -2.30. The van der Waals surface area contributed by atoms with Crippen LogP contribution in [0.25, 0.3) is 0 Å². The summed E-state index contributed by atoms with van der Waals surface area (Å²) >= 11 is 1.13. The van der Waals surface area contributed by atoms with Crippen molar-refractivity contribution in [3.8, 4) is 0 Å². The molecular formula is C21H14F3N3O2S. The van der Waals surface area contributed by atoms with Crippen molar-refractivity contribution in [3.63, 3.8) is 0 Å². The van der Waals surface area contributed by atoms with Gasteiger partial charge in [-0.3, -0.25) is 9.69 Å². The Morgan fingerprint density at radius 2 is 1.83 bits per heavy atom. The Kier molecular flexibility index (Phi) is 5.45. The third-order valence-corrected chi connectivity index (χ3v) is 5.45. The first-order valence-corrected chi connectivity index (χ1v) is 9.69. The molecule has 1 fully saturated rings. The van der Waals surface area contributed by atoms with Gasteiger partial charge in [0.1, 0.15) is 11.0 Å². The number of halogens is 3. The Hall–Kier alpha value is -3.33. The van der Waals surface area contributed by atoms with Crippen LogP contribution in [-0.2, 0) is 11.0 Å². The molecule has 1 aliphatic heterocycles. The predicted molar refractivity (Wildman–Crippen MR) is 109 cm³/mol. The topological polar surface area (TPSA) is 58.2 Å². The highest BCUT2D eigenvalue weighted by atomic mass is 32.2. The lowest BCUT2D eigenvalue weighted by Gasteiger charge is -2.17. The maximum Gasteiger partial charge on any atom is 0.416 e. The van der Waals surface area contributed by atoms with E-state index in [1.165, 1.54) is 24.6 Å². The molecule has 2 heterocycles. The lowest BCUT2D eigenvalue weighted by atomic mass is 10.1. The van der Waals surface area contributed by atoms with E-state index in [1.807, 2.05) is 6.07 Å². The number of hydrogen-bond donors (Lipinski definition) is 0. The van der Waals surface area contributed by atoms with Gasteiger partial charge in [0.15, 0.2) is 5.17 Å². The summed E-state index contributed by atoms with van der Waals surface area (Å²) in [6.07, 6.45) is -1.69. The Labute approximate surface area is 173 Å². The van der Waals surface area contributed by atoms with E-state index in [-0.39, 0.29) is 10.9 Å². The predicted octanol–water partition coefficient (Wildman–Crippen LogP) is 5.51. The van der Waals surface area contributed by atoms with Gasteiger partial charge in [-0.1, -0.05) is 48.2 Å². The molecule has 152 valence electrons. The van der Waals surface area contributed by atoms with Crippen LogP contribution in [0, 0.1) is 0 Å². The van der Waals surface area contributed by atoms with Crippen LogP contribution < -0.4 is 4.90 Å². The number of thioether (sulfide) groups is 1. The van der Waals surface area contributed by atoms with Crippen molar-refractivity contribution in [2.24, 2.45) is 10.2 Å². The van der Waals surface area contributed by atoms with Gasteiger partial charge >= 0.3 is 6.18 Å². The summed E-state index contributed by atoms with van der Waals surface area (Å²) in [6.45, 7) is 0. The first kappa shape index (κ1) is 20.0. The Morgan fingerprint density at radius 1 is 1.03 bits per heavy atom. The van der Waals surface area contributed by atoms with E-state index >= 15 is 0 Å². The SMILES string of the molecule is O=C1[C@@H](c2ccccc2)S/C(=N\N=C/c2ccco2)N1c1cccc(C(F)(F)F)c1. The highest BCUT2D eigenvalue weighted by Crippen LogP contribution is 2.42. The largest absolute Gasteiger partial charge is 0.463 e. The second-order valence-electron chi connectivity index (χ2n) is 6.27. The highest BCUT2D eigenvalue weighted by Gasteiger charge is 2.41. The molecule has 1 saturated heterocycles. The van der Waals surface area contributed by atoms with E-state index in [2.05, 4.69) is 10.2 Å². The number of amidine groups is 1. The second-order valence-corrected chi connectivity index (χ2v) is 7.35. The Bertz CT molecular complexity index is 1100. The van der Waals surface area contributed by atoms with E-state index in [1.54, 1.807) is 36.4 Å². The van der Waals surface area contributed by atoms with Crippen molar-refractivity contribution < 1.29 is 22.4 Å². The van der Waals surface area contributed by atoms with Gasteiger partial charge in [0, 0.05) is 0 Å². The van der Waals surface area contributed by atoms with Gasteiger partial charge in [-0.25, -0.2) is 0 Å². The molecular weight excluding hydrogens is 415 g/mol. The van der Waals surface area contributed by atoms with Crippen molar-refractivity contribution in [1.29, 1.82) is 0 Å². The number of alkyl halides is 3. The van der Waals surface area contributed by atoms with E-state index in [4.69, 9.17) is 4.42 Å². The first-order valence-electron chi connectivity index (χ1n) is 8.81. The lowest BCUT2D eigenvalue weighted by molar-refractivity contribution is -0.137. The van der Waals surface area contributed by atoms with Crippen molar-refractivity contribution in [2.45, 2.75) is 11.4 Å². The maximum absolute atomic E-state index is 13.2. The Balaban J connectivity index is 1.73. The summed E-state index contributed by atoms with van der Waals surface area (Å²) in [5.74, 6) is 0.0661. The summed E-state index contributed by atoms with van der Waals surface area (Å²) in [6, 6.07) is 16.9. The minimum absolute atomic E-state index is 0.0766. The average molecular weight is 429 g/mol. The molecule has 0 radical (unpaired) electrons. The smallest absolute Gasteiger partial charge is 0.416 e. The van der Waals surface area contributed by atoms with Crippen molar-refractivity contribution in [2.75, 3.05) is 4.90 Å². The number of anilines is 1. The quantitative estimate of drug-likeness (QED) is 0.406. The summed E-state index contributed by atoms with van der Waals surface area (Å²) in [5.41, 5.74) is -0.0446. The van der Waals surface area contributed by atoms with Crippen LogP contribution in [0.2, 0.25) is 0 Å². The van der Waals surface area contributed by atoms with Crippen LogP contribution in [0.15, 0.2) is 87.6 Å². The van der Waals surface area contributed by atoms with Crippen LogP contribution in [0.4, 0.5) is 18.9 Å². The van der Waals surface area contributed by atoms with Gasteiger partial charge in [-0.15, -0.1) is 5.10 Å². The van der Waals surface area contributed by atoms with Gasteiger partial charge in [0.25, 0.3) is 5.91 Å². The summed E-state index contributed by atoms with van der Waals surface area (Å²) in [5, 5.41) is 7.56. The van der Waals surface area contributed by atoms with Crippen LogP contribution in [0.3, 0.4) is 0 Å². The molecule has 5 nitrogen and oxygen atoms in total. The molecule has 0 saturated carbocycles. The van der Waals surface area contributed by atoms with Crippen LogP contribution in [-0.4, -0.2) is 17.3 Å². The molecule has 0 spiro atoms. The minimum atomic E-state index is -4.53. The normalized spacial score (nSPS) is 18.6. The molecule has 2 aromatic carbocycles. The fraction of sp³-hybridized carbons (Fsp3) is 0.0952. The van der Waals surface area contributed by atoms with Crippen LogP contribution >= 0.6 is 11.8 Å². The molecule has 9 heteroatoms. The number of furan rings is 1.